The lowest BCUT2D eigenvalue weighted by Crippen LogP contribution is -2.40. The van der Waals surface area contributed by atoms with Crippen molar-refractivity contribution in [3.8, 4) is 0 Å². The van der Waals surface area contributed by atoms with Crippen LogP contribution in [0.2, 0.25) is 0 Å². The summed E-state index contributed by atoms with van der Waals surface area (Å²) in [6, 6.07) is 15.7. The molecule has 0 saturated carbocycles. The van der Waals surface area contributed by atoms with Crippen LogP contribution in [0.1, 0.15) is 28.8 Å². The van der Waals surface area contributed by atoms with Gasteiger partial charge in [0, 0.05) is 30.1 Å². The van der Waals surface area contributed by atoms with E-state index in [4.69, 9.17) is 4.74 Å². The second-order valence-corrected chi connectivity index (χ2v) is 10.6. The SMILES string of the molecule is O=C(c1ccc2c(c1)SC1=NS(=O)(=O)CCN12)N1CCC(OCc2ccccc2)CC1. The largest absolute Gasteiger partial charge is 0.373 e. The van der Waals surface area contributed by atoms with Crippen LogP contribution in [0.25, 0.3) is 0 Å². The molecule has 3 aliphatic rings. The van der Waals surface area contributed by atoms with Crippen LogP contribution in [0.4, 0.5) is 5.69 Å². The van der Waals surface area contributed by atoms with Gasteiger partial charge in [0.25, 0.3) is 15.9 Å². The molecule has 0 bridgehead atoms. The van der Waals surface area contributed by atoms with Crippen LogP contribution < -0.4 is 4.90 Å². The first-order valence-electron chi connectivity index (χ1n) is 10.4. The number of carbonyl (C=O) groups excluding carboxylic acids is 1. The van der Waals surface area contributed by atoms with Crippen molar-refractivity contribution in [1.29, 1.82) is 0 Å². The molecule has 0 radical (unpaired) electrons. The van der Waals surface area contributed by atoms with Gasteiger partial charge in [0.2, 0.25) is 0 Å². The summed E-state index contributed by atoms with van der Waals surface area (Å²) in [5.74, 6) is 0.0164. The normalized spacial score (nSPS) is 20.2. The van der Waals surface area contributed by atoms with E-state index >= 15 is 0 Å². The van der Waals surface area contributed by atoms with Crippen molar-refractivity contribution < 1.29 is 17.9 Å². The molecule has 31 heavy (non-hydrogen) atoms. The van der Waals surface area contributed by atoms with Gasteiger partial charge in [0.05, 0.1) is 24.2 Å². The highest BCUT2D eigenvalue weighted by Crippen LogP contribution is 2.42. The molecular formula is C22H23N3O4S2. The van der Waals surface area contributed by atoms with Crippen molar-refractivity contribution >= 4 is 38.5 Å². The number of hydrogen-bond donors (Lipinski definition) is 0. The second kappa shape index (κ2) is 8.29. The van der Waals surface area contributed by atoms with Gasteiger partial charge in [-0.2, -0.15) is 0 Å². The zero-order chi connectivity index (χ0) is 21.4. The van der Waals surface area contributed by atoms with Crippen LogP contribution in [0.3, 0.4) is 0 Å². The minimum atomic E-state index is -3.39. The standard InChI is InChI=1S/C22H23N3O4S2/c26-21(24-10-8-18(9-11-24)29-15-16-4-2-1-3-5-16)17-6-7-19-20(14-17)30-22-23-31(27,28)13-12-25(19)22/h1-7,14,18H,8-13,15H2. The number of fused-ring (bicyclic) bond motifs is 3. The number of anilines is 1. The third-order valence-electron chi connectivity index (χ3n) is 5.78. The van der Waals surface area contributed by atoms with Crippen molar-refractivity contribution in [1.82, 2.24) is 4.90 Å². The summed E-state index contributed by atoms with van der Waals surface area (Å²) in [4.78, 5) is 17.7. The number of rotatable bonds is 4. The molecule has 1 fully saturated rings. The van der Waals surface area contributed by atoms with Crippen molar-refractivity contribution in [3.05, 3.63) is 59.7 Å². The van der Waals surface area contributed by atoms with Gasteiger partial charge in [-0.1, -0.05) is 30.3 Å². The minimum absolute atomic E-state index is 0.00402. The lowest BCUT2D eigenvalue weighted by Gasteiger charge is -2.32. The van der Waals surface area contributed by atoms with Crippen molar-refractivity contribution in [2.24, 2.45) is 4.40 Å². The number of benzene rings is 2. The molecule has 2 aromatic carbocycles. The molecule has 3 aliphatic heterocycles. The van der Waals surface area contributed by atoms with Gasteiger partial charge < -0.3 is 14.5 Å². The Morgan fingerprint density at radius 2 is 1.87 bits per heavy atom. The molecule has 0 spiro atoms. The van der Waals surface area contributed by atoms with E-state index in [9.17, 15) is 13.2 Å². The number of carbonyl (C=O) groups is 1. The Balaban J connectivity index is 1.21. The number of thioether (sulfide) groups is 1. The van der Waals surface area contributed by atoms with E-state index in [0.717, 1.165) is 29.0 Å². The fraction of sp³-hybridized carbons (Fsp3) is 0.364. The molecular weight excluding hydrogens is 434 g/mol. The van der Waals surface area contributed by atoms with Crippen molar-refractivity contribution in [2.75, 3.05) is 30.3 Å². The zero-order valence-corrected chi connectivity index (χ0v) is 18.6. The maximum atomic E-state index is 13.0. The number of amides is 1. The Morgan fingerprint density at radius 1 is 1.10 bits per heavy atom. The highest BCUT2D eigenvalue weighted by Gasteiger charge is 2.34. The number of amidine groups is 1. The summed E-state index contributed by atoms with van der Waals surface area (Å²) in [5.41, 5.74) is 2.70. The van der Waals surface area contributed by atoms with E-state index < -0.39 is 10.0 Å². The first kappa shape index (κ1) is 20.5. The van der Waals surface area contributed by atoms with Crippen LogP contribution in [-0.2, 0) is 21.4 Å². The molecule has 0 atom stereocenters. The molecule has 2 aromatic rings. The summed E-state index contributed by atoms with van der Waals surface area (Å²) in [5, 5.41) is 0.474. The first-order chi connectivity index (χ1) is 15.0. The lowest BCUT2D eigenvalue weighted by atomic mass is 10.1. The van der Waals surface area contributed by atoms with Gasteiger partial charge in [-0.3, -0.25) is 4.79 Å². The third kappa shape index (κ3) is 4.35. The molecule has 162 valence electrons. The number of piperidine rings is 1. The molecule has 5 rings (SSSR count). The van der Waals surface area contributed by atoms with Crippen LogP contribution in [0.5, 0.6) is 0 Å². The third-order valence-corrected chi connectivity index (χ3v) is 8.08. The first-order valence-corrected chi connectivity index (χ1v) is 12.8. The summed E-state index contributed by atoms with van der Waals surface area (Å²) in [6.45, 7) is 2.32. The zero-order valence-electron chi connectivity index (χ0n) is 16.9. The summed E-state index contributed by atoms with van der Waals surface area (Å²) in [6.07, 6.45) is 1.80. The van der Waals surface area contributed by atoms with Gasteiger partial charge in [-0.15, -0.1) is 4.40 Å². The van der Waals surface area contributed by atoms with Gasteiger partial charge in [-0.05, 0) is 48.4 Å². The van der Waals surface area contributed by atoms with Crippen LogP contribution >= 0.6 is 11.8 Å². The predicted octanol–water partition coefficient (Wildman–Crippen LogP) is 3.12. The Bertz CT molecular complexity index is 1130. The van der Waals surface area contributed by atoms with E-state index in [1.54, 1.807) is 0 Å². The number of ether oxygens (including phenoxy) is 1. The van der Waals surface area contributed by atoms with Crippen molar-refractivity contribution in [3.63, 3.8) is 0 Å². The fourth-order valence-corrected chi connectivity index (χ4v) is 6.36. The Kier molecular flexibility index (Phi) is 5.49. The Labute approximate surface area is 186 Å². The van der Waals surface area contributed by atoms with Gasteiger partial charge in [0.1, 0.15) is 0 Å². The minimum Gasteiger partial charge on any atom is -0.373 e. The monoisotopic (exact) mass is 457 g/mol. The number of likely N-dealkylation sites (tertiary alicyclic amines) is 1. The molecule has 1 saturated heterocycles. The molecule has 0 aliphatic carbocycles. The van der Waals surface area contributed by atoms with Crippen LogP contribution in [-0.4, -0.2) is 55.9 Å². The molecule has 9 heteroatoms. The maximum absolute atomic E-state index is 13.0. The highest BCUT2D eigenvalue weighted by atomic mass is 32.2. The van der Waals surface area contributed by atoms with Crippen LogP contribution in [0.15, 0.2) is 57.8 Å². The van der Waals surface area contributed by atoms with Crippen LogP contribution in [0, 0.1) is 0 Å². The summed E-state index contributed by atoms with van der Waals surface area (Å²) < 4.78 is 33.5. The number of hydrogen-bond acceptors (Lipinski definition) is 6. The quantitative estimate of drug-likeness (QED) is 0.702. The highest BCUT2D eigenvalue weighted by molar-refractivity contribution is 8.15. The smallest absolute Gasteiger partial charge is 0.257 e. The molecule has 7 nitrogen and oxygen atoms in total. The van der Waals surface area contributed by atoms with Crippen molar-refractivity contribution in [2.45, 2.75) is 30.4 Å². The van der Waals surface area contributed by atoms with E-state index in [1.165, 1.54) is 11.8 Å². The van der Waals surface area contributed by atoms with E-state index in [1.807, 2.05) is 46.2 Å². The van der Waals surface area contributed by atoms with E-state index in [2.05, 4.69) is 16.5 Å². The number of sulfonamides is 1. The van der Waals surface area contributed by atoms with Gasteiger partial charge >= 0.3 is 0 Å². The lowest BCUT2D eigenvalue weighted by molar-refractivity contribution is -0.000384. The maximum Gasteiger partial charge on any atom is 0.257 e. The molecule has 0 aromatic heterocycles. The summed E-state index contributed by atoms with van der Waals surface area (Å²) >= 11 is 1.31. The van der Waals surface area contributed by atoms with Gasteiger partial charge in [0.15, 0.2) is 5.17 Å². The Morgan fingerprint density at radius 3 is 2.65 bits per heavy atom. The number of nitrogens with zero attached hydrogens (tertiary/aromatic N) is 3. The molecule has 0 N–H and O–H groups in total. The topological polar surface area (TPSA) is 79.3 Å². The predicted molar refractivity (Wildman–Crippen MR) is 121 cm³/mol. The second-order valence-electron chi connectivity index (χ2n) is 7.88. The van der Waals surface area contributed by atoms with E-state index in [-0.39, 0.29) is 17.8 Å². The average molecular weight is 458 g/mol. The van der Waals surface area contributed by atoms with E-state index in [0.29, 0.717) is 37.0 Å². The molecule has 3 heterocycles. The fourth-order valence-electron chi connectivity index (χ4n) is 4.06. The molecule has 0 unspecified atom stereocenters. The van der Waals surface area contributed by atoms with Gasteiger partial charge in [-0.25, -0.2) is 8.42 Å². The average Bonchev–Trinajstić information content (AvgIpc) is 3.13. The Hall–Kier alpha value is -2.36. The molecule has 1 amide bonds. The summed E-state index contributed by atoms with van der Waals surface area (Å²) in [7, 11) is -3.39.